The van der Waals surface area contributed by atoms with Gasteiger partial charge in [0.1, 0.15) is 0 Å². The number of hydrogen-bond donors (Lipinski definition) is 0. The van der Waals surface area contributed by atoms with Gasteiger partial charge in [0.05, 0.1) is 0 Å². The molecule has 0 radical (unpaired) electrons. The summed E-state index contributed by atoms with van der Waals surface area (Å²) in [7, 11) is 0. The second-order valence-corrected chi connectivity index (χ2v) is 3.83. The van der Waals surface area contributed by atoms with Crippen LogP contribution in [0.3, 0.4) is 0 Å². The van der Waals surface area contributed by atoms with Crippen LogP contribution in [0.2, 0.25) is 0 Å². The highest BCUT2D eigenvalue weighted by Gasteiger charge is 2.04. The predicted octanol–water partition coefficient (Wildman–Crippen LogP) is 2.84. The predicted molar refractivity (Wildman–Crippen MR) is 60.0 cm³/mol. The van der Waals surface area contributed by atoms with E-state index in [1.165, 1.54) is 0 Å². The monoisotopic (exact) mass is 233 g/mol. The first-order chi connectivity index (χ1) is 5.20. The molecule has 76 valence electrons. The Morgan fingerprint density at radius 2 is 1.50 bits per heavy atom. The van der Waals surface area contributed by atoms with Crippen molar-refractivity contribution in [1.82, 2.24) is 4.90 Å². The van der Waals surface area contributed by atoms with Crippen molar-refractivity contribution in [2.45, 2.75) is 13.8 Å². The first-order valence-electron chi connectivity index (χ1n) is 4.05. The zero-order valence-electron chi connectivity index (χ0n) is 7.72. The highest BCUT2D eigenvalue weighted by molar-refractivity contribution is 6.18. The van der Waals surface area contributed by atoms with Gasteiger partial charge in [0.15, 0.2) is 0 Å². The molecule has 0 aromatic rings. The molecular formula is C8H18Cl3N. The number of alkyl halides is 2. The van der Waals surface area contributed by atoms with E-state index in [0.29, 0.717) is 17.7 Å². The topological polar surface area (TPSA) is 3.24 Å². The molecule has 0 atom stereocenters. The van der Waals surface area contributed by atoms with Crippen LogP contribution in [0.15, 0.2) is 0 Å². The van der Waals surface area contributed by atoms with Crippen molar-refractivity contribution >= 4 is 35.6 Å². The van der Waals surface area contributed by atoms with E-state index in [9.17, 15) is 0 Å². The third-order valence-corrected chi connectivity index (χ3v) is 1.76. The van der Waals surface area contributed by atoms with Gasteiger partial charge in [0, 0.05) is 31.4 Å². The molecule has 0 aliphatic heterocycles. The van der Waals surface area contributed by atoms with Gasteiger partial charge in [-0.3, -0.25) is 0 Å². The minimum absolute atomic E-state index is 0. The number of halogens is 3. The third-order valence-electron chi connectivity index (χ3n) is 1.42. The Bertz CT molecular complexity index is 82.4. The van der Waals surface area contributed by atoms with Gasteiger partial charge in [-0.15, -0.1) is 35.6 Å². The zero-order valence-corrected chi connectivity index (χ0v) is 10.1. The fraction of sp³-hybridized carbons (Fsp3) is 1.00. The Labute approximate surface area is 91.8 Å². The molecule has 0 aliphatic rings. The minimum atomic E-state index is 0. The van der Waals surface area contributed by atoms with Crippen LogP contribution in [-0.2, 0) is 0 Å². The summed E-state index contributed by atoms with van der Waals surface area (Å²) in [4.78, 5) is 2.30. The molecule has 0 N–H and O–H groups in total. The molecule has 0 aliphatic carbocycles. The maximum atomic E-state index is 5.63. The third kappa shape index (κ3) is 8.92. The molecule has 0 unspecified atom stereocenters. The zero-order chi connectivity index (χ0) is 8.69. The maximum absolute atomic E-state index is 5.63. The summed E-state index contributed by atoms with van der Waals surface area (Å²) in [6.45, 7) is 7.41. The molecule has 4 heteroatoms. The number of nitrogens with zero attached hydrogens (tertiary/aromatic N) is 1. The highest BCUT2D eigenvalue weighted by atomic mass is 35.5. The second-order valence-electron chi connectivity index (χ2n) is 3.07. The van der Waals surface area contributed by atoms with Crippen LogP contribution in [0, 0.1) is 5.92 Å². The molecule has 0 amide bonds. The molecular weight excluding hydrogens is 216 g/mol. The van der Waals surface area contributed by atoms with E-state index in [-0.39, 0.29) is 12.4 Å². The standard InChI is InChI=1S/C8H17Cl2N.ClH/c1-8(2)7-11(5-3-9)6-4-10;/h8H,3-7H2,1-2H3;1H. The fourth-order valence-electron chi connectivity index (χ4n) is 1.05. The molecule has 0 aromatic carbocycles. The molecule has 0 rings (SSSR count). The van der Waals surface area contributed by atoms with Crippen LogP contribution in [0.4, 0.5) is 0 Å². The van der Waals surface area contributed by atoms with Gasteiger partial charge in [0.2, 0.25) is 0 Å². The molecule has 0 saturated carbocycles. The quantitative estimate of drug-likeness (QED) is 0.639. The van der Waals surface area contributed by atoms with Crippen molar-refractivity contribution in [2.75, 3.05) is 31.4 Å². The normalized spacial score (nSPS) is 10.5. The second kappa shape index (κ2) is 9.91. The molecule has 0 bridgehead atoms. The van der Waals surface area contributed by atoms with Crippen molar-refractivity contribution in [2.24, 2.45) is 5.92 Å². The molecule has 12 heavy (non-hydrogen) atoms. The SMILES string of the molecule is CC(C)CN(CCCl)CCCl.Cl. The molecule has 0 spiro atoms. The van der Waals surface area contributed by atoms with E-state index in [0.717, 1.165) is 19.6 Å². The molecule has 0 fully saturated rings. The summed E-state index contributed by atoms with van der Waals surface area (Å²) >= 11 is 11.3. The first kappa shape index (κ1) is 15.3. The summed E-state index contributed by atoms with van der Waals surface area (Å²) in [5.41, 5.74) is 0. The molecule has 1 nitrogen and oxygen atoms in total. The van der Waals surface area contributed by atoms with Crippen LogP contribution < -0.4 is 0 Å². The van der Waals surface area contributed by atoms with Crippen molar-refractivity contribution in [3.05, 3.63) is 0 Å². The van der Waals surface area contributed by atoms with Gasteiger partial charge in [-0.25, -0.2) is 0 Å². The van der Waals surface area contributed by atoms with Gasteiger partial charge >= 0.3 is 0 Å². The van der Waals surface area contributed by atoms with E-state index < -0.39 is 0 Å². The van der Waals surface area contributed by atoms with Crippen molar-refractivity contribution in [3.8, 4) is 0 Å². The van der Waals surface area contributed by atoms with Gasteiger partial charge in [-0.05, 0) is 5.92 Å². The van der Waals surface area contributed by atoms with Gasteiger partial charge < -0.3 is 4.90 Å². The van der Waals surface area contributed by atoms with E-state index in [2.05, 4.69) is 18.7 Å². The van der Waals surface area contributed by atoms with Crippen LogP contribution in [0.25, 0.3) is 0 Å². The molecule has 0 heterocycles. The molecule has 0 aromatic heterocycles. The maximum Gasteiger partial charge on any atom is 0.0351 e. The van der Waals surface area contributed by atoms with E-state index in [1.54, 1.807) is 0 Å². The van der Waals surface area contributed by atoms with E-state index in [1.807, 2.05) is 0 Å². The number of hydrogen-bond acceptors (Lipinski definition) is 1. The Kier molecular flexibility index (Phi) is 12.6. The average molecular weight is 235 g/mol. The number of rotatable bonds is 6. The lowest BCUT2D eigenvalue weighted by Gasteiger charge is -2.21. The van der Waals surface area contributed by atoms with E-state index >= 15 is 0 Å². The van der Waals surface area contributed by atoms with Crippen LogP contribution >= 0.6 is 35.6 Å². The smallest absolute Gasteiger partial charge is 0.0351 e. The molecule has 0 saturated heterocycles. The Morgan fingerprint density at radius 3 is 1.75 bits per heavy atom. The summed E-state index contributed by atoms with van der Waals surface area (Å²) in [5.74, 6) is 2.09. The summed E-state index contributed by atoms with van der Waals surface area (Å²) < 4.78 is 0. The Balaban J connectivity index is 0. The van der Waals surface area contributed by atoms with Crippen LogP contribution in [-0.4, -0.2) is 36.3 Å². The Morgan fingerprint density at radius 1 is 1.08 bits per heavy atom. The lowest BCUT2D eigenvalue weighted by Crippen LogP contribution is -2.31. The fourth-order valence-corrected chi connectivity index (χ4v) is 1.53. The van der Waals surface area contributed by atoms with Crippen molar-refractivity contribution < 1.29 is 0 Å². The summed E-state index contributed by atoms with van der Waals surface area (Å²) in [6.07, 6.45) is 0. The minimum Gasteiger partial charge on any atom is -0.301 e. The largest absolute Gasteiger partial charge is 0.301 e. The lowest BCUT2D eigenvalue weighted by atomic mass is 10.2. The summed E-state index contributed by atoms with van der Waals surface area (Å²) in [6, 6.07) is 0. The van der Waals surface area contributed by atoms with Gasteiger partial charge in [-0.2, -0.15) is 0 Å². The van der Waals surface area contributed by atoms with Gasteiger partial charge in [-0.1, -0.05) is 13.8 Å². The Hall–Kier alpha value is 0.830. The van der Waals surface area contributed by atoms with Crippen molar-refractivity contribution in [3.63, 3.8) is 0 Å². The van der Waals surface area contributed by atoms with Crippen molar-refractivity contribution in [1.29, 1.82) is 0 Å². The highest BCUT2D eigenvalue weighted by Crippen LogP contribution is 1.99. The van der Waals surface area contributed by atoms with Crippen LogP contribution in [0.1, 0.15) is 13.8 Å². The lowest BCUT2D eigenvalue weighted by molar-refractivity contribution is 0.272. The van der Waals surface area contributed by atoms with Crippen LogP contribution in [0.5, 0.6) is 0 Å². The first-order valence-corrected chi connectivity index (χ1v) is 5.12. The van der Waals surface area contributed by atoms with E-state index in [4.69, 9.17) is 23.2 Å². The average Bonchev–Trinajstić information content (AvgIpc) is 1.87. The van der Waals surface area contributed by atoms with Gasteiger partial charge in [0.25, 0.3) is 0 Å². The summed E-state index contributed by atoms with van der Waals surface area (Å²) in [5, 5.41) is 0.